The molecule has 0 saturated carbocycles. The third-order valence-corrected chi connectivity index (χ3v) is 4.27. The summed E-state index contributed by atoms with van der Waals surface area (Å²) in [6, 6.07) is 2.08. The third-order valence-electron chi connectivity index (χ3n) is 2.80. The fourth-order valence-corrected chi connectivity index (χ4v) is 2.89. The van der Waals surface area contributed by atoms with Gasteiger partial charge in [-0.05, 0) is 19.3 Å². The Labute approximate surface area is 112 Å². The maximum atomic E-state index is 11.6. The molecule has 0 aliphatic rings. The molecule has 0 bridgehead atoms. The van der Waals surface area contributed by atoms with E-state index in [-0.39, 0.29) is 5.75 Å². The minimum Gasteiger partial charge on any atom is -0.215 e. The Hall–Kier alpha value is -0.600. The summed E-state index contributed by atoms with van der Waals surface area (Å²) in [6.45, 7) is 2.65. The molecule has 5 heteroatoms. The molecule has 0 heterocycles. The van der Waals surface area contributed by atoms with E-state index in [1.54, 1.807) is 0 Å². The van der Waals surface area contributed by atoms with Crippen molar-refractivity contribution in [2.75, 3.05) is 12.3 Å². The van der Waals surface area contributed by atoms with Crippen molar-refractivity contribution in [3.05, 3.63) is 0 Å². The van der Waals surface area contributed by atoms with E-state index in [1.807, 2.05) is 0 Å². The highest BCUT2D eigenvalue weighted by Crippen LogP contribution is 2.04. The third kappa shape index (κ3) is 11.9. The predicted molar refractivity (Wildman–Crippen MR) is 74.6 cm³/mol. The Kier molecular flexibility index (Phi) is 11.1. The maximum absolute atomic E-state index is 11.6. The average Bonchev–Trinajstić information content (AvgIpc) is 2.33. The molecule has 4 nitrogen and oxygen atoms in total. The van der Waals surface area contributed by atoms with Crippen LogP contribution in [0.4, 0.5) is 0 Å². The van der Waals surface area contributed by atoms with Gasteiger partial charge in [0, 0.05) is 13.0 Å². The van der Waals surface area contributed by atoms with Crippen LogP contribution in [0.2, 0.25) is 0 Å². The monoisotopic (exact) mass is 274 g/mol. The van der Waals surface area contributed by atoms with E-state index in [1.165, 1.54) is 12.8 Å². The molecule has 18 heavy (non-hydrogen) atoms. The molecule has 106 valence electrons. The zero-order valence-corrected chi connectivity index (χ0v) is 12.3. The molecule has 0 amide bonds. The second-order valence-corrected chi connectivity index (χ2v) is 6.52. The molecule has 0 atom stereocenters. The van der Waals surface area contributed by atoms with E-state index in [0.717, 1.165) is 38.5 Å². The van der Waals surface area contributed by atoms with Gasteiger partial charge in [0.25, 0.3) is 0 Å². The summed E-state index contributed by atoms with van der Waals surface area (Å²) in [4.78, 5) is 0. The number of rotatable bonds is 12. The molecule has 0 aromatic carbocycles. The highest BCUT2D eigenvalue weighted by molar-refractivity contribution is 7.89. The van der Waals surface area contributed by atoms with Gasteiger partial charge in [-0.2, -0.15) is 5.26 Å². The first-order chi connectivity index (χ1) is 8.62. The molecule has 1 N–H and O–H groups in total. The van der Waals surface area contributed by atoms with Crippen molar-refractivity contribution >= 4 is 10.0 Å². The van der Waals surface area contributed by atoms with Gasteiger partial charge in [0.15, 0.2) is 0 Å². The van der Waals surface area contributed by atoms with Crippen molar-refractivity contribution in [3.63, 3.8) is 0 Å². The number of nitrogens with zero attached hydrogens (tertiary/aromatic N) is 1. The van der Waals surface area contributed by atoms with Crippen molar-refractivity contribution in [3.8, 4) is 6.07 Å². The zero-order valence-electron chi connectivity index (χ0n) is 11.5. The molecule has 0 aromatic rings. The van der Waals surface area contributed by atoms with Gasteiger partial charge in [0.05, 0.1) is 11.8 Å². The highest BCUT2D eigenvalue weighted by atomic mass is 32.2. The molecule has 0 radical (unpaired) electrons. The fourth-order valence-electron chi connectivity index (χ4n) is 1.70. The number of sulfonamides is 1. The van der Waals surface area contributed by atoms with Crippen molar-refractivity contribution in [1.82, 2.24) is 4.72 Å². The van der Waals surface area contributed by atoms with E-state index in [0.29, 0.717) is 13.0 Å². The normalized spacial score (nSPS) is 11.3. The lowest BCUT2D eigenvalue weighted by molar-refractivity contribution is 0.567. The summed E-state index contributed by atoms with van der Waals surface area (Å²) < 4.78 is 25.8. The van der Waals surface area contributed by atoms with Gasteiger partial charge >= 0.3 is 0 Å². The van der Waals surface area contributed by atoms with Crippen LogP contribution in [0.15, 0.2) is 0 Å². The first-order valence-corrected chi connectivity index (χ1v) is 8.62. The van der Waals surface area contributed by atoms with E-state index >= 15 is 0 Å². The van der Waals surface area contributed by atoms with Gasteiger partial charge in [0.2, 0.25) is 10.0 Å². The standard InChI is InChI=1S/C13H26N2O2S/c1-2-3-4-7-10-13-18(16,17)15-12-9-6-5-8-11-14/h15H,2-10,12-13H2,1H3. The number of hydrogen-bond donors (Lipinski definition) is 1. The van der Waals surface area contributed by atoms with Crippen LogP contribution in [0.3, 0.4) is 0 Å². The van der Waals surface area contributed by atoms with Crippen LogP contribution in [0.5, 0.6) is 0 Å². The quantitative estimate of drug-likeness (QED) is 0.556. The summed E-state index contributed by atoms with van der Waals surface area (Å²) in [5, 5.41) is 8.35. The molecule has 0 fully saturated rings. The maximum Gasteiger partial charge on any atom is 0.211 e. The fraction of sp³-hybridized carbons (Fsp3) is 0.923. The minimum absolute atomic E-state index is 0.245. The van der Waals surface area contributed by atoms with Crippen LogP contribution in [-0.2, 0) is 10.0 Å². The summed E-state index contributed by atoms with van der Waals surface area (Å²) >= 11 is 0. The second-order valence-electron chi connectivity index (χ2n) is 4.60. The van der Waals surface area contributed by atoms with Crippen LogP contribution < -0.4 is 4.72 Å². The first kappa shape index (κ1) is 17.4. The molecule has 0 rings (SSSR count). The number of hydrogen-bond acceptors (Lipinski definition) is 3. The SMILES string of the molecule is CCCCCCCS(=O)(=O)NCCCCCC#N. The Bertz CT molecular complexity index is 320. The van der Waals surface area contributed by atoms with Crippen molar-refractivity contribution in [2.45, 2.75) is 64.7 Å². The summed E-state index contributed by atoms with van der Waals surface area (Å²) in [7, 11) is -3.08. The summed E-state index contributed by atoms with van der Waals surface area (Å²) in [5.41, 5.74) is 0. The first-order valence-electron chi connectivity index (χ1n) is 6.96. The molecule has 0 aliphatic heterocycles. The Morgan fingerprint density at radius 1 is 1.00 bits per heavy atom. The Morgan fingerprint density at radius 3 is 2.33 bits per heavy atom. The van der Waals surface area contributed by atoms with Gasteiger partial charge in [-0.25, -0.2) is 13.1 Å². The number of nitrogens with one attached hydrogen (secondary N) is 1. The van der Waals surface area contributed by atoms with Crippen molar-refractivity contribution in [2.24, 2.45) is 0 Å². The lowest BCUT2D eigenvalue weighted by Gasteiger charge is -2.06. The van der Waals surface area contributed by atoms with Crippen LogP contribution in [0, 0.1) is 11.3 Å². The van der Waals surface area contributed by atoms with Crippen molar-refractivity contribution in [1.29, 1.82) is 5.26 Å². The smallest absolute Gasteiger partial charge is 0.211 e. The van der Waals surface area contributed by atoms with Gasteiger partial charge in [-0.3, -0.25) is 0 Å². The van der Waals surface area contributed by atoms with E-state index in [4.69, 9.17) is 5.26 Å². The van der Waals surface area contributed by atoms with Crippen LogP contribution in [-0.4, -0.2) is 20.7 Å². The van der Waals surface area contributed by atoms with Gasteiger partial charge in [-0.15, -0.1) is 0 Å². The molecular formula is C13H26N2O2S. The van der Waals surface area contributed by atoms with E-state index < -0.39 is 10.0 Å². The molecular weight excluding hydrogens is 248 g/mol. The molecule has 0 unspecified atom stereocenters. The van der Waals surface area contributed by atoms with E-state index in [9.17, 15) is 8.42 Å². The predicted octanol–water partition coefficient (Wildman–Crippen LogP) is 2.96. The van der Waals surface area contributed by atoms with Crippen LogP contribution >= 0.6 is 0 Å². The molecule has 0 spiro atoms. The lowest BCUT2D eigenvalue weighted by atomic mass is 10.2. The molecule has 0 saturated heterocycles. The average molecular weight is 274 g/mol. The second kappa shape index (κ2) is 11.5. The van der Waals surface area contributed by atoms with Crippen LogP contribution in [0.1, 0.15) is 64.7 Å². The topological polar surface area (TPSA) is 70.0 Å². The highest BCUT2D eigenvalue weighted by Gasteiger charge is 2.08. The van der Waals surface area contributed by atoms with Crippen molar-refractivity contribution < 1.29 is 8.42 Å². The number of unbranched alkanes of at least 4 members (excludes halogenated alkanes) is 7. The molecule has 0 aromatic heterocycles. The number of nitriles is 1. The lowest BCUT2D eigenvalue weighted by Crippen LogP contribution is -2.27. The molecule has 0 aliphatic carbocycles. The van der Waals surface area contributed by atoms with Gasteiger partial charge in [0.1, 0.15) is 0 Å². The minimum atomic E-state index is -3.08. The largest absolute Gasteiger partial charge is 0.215 e. The Morgan fingerprint density at radius 2 is 1.67 bits per heavy atom. The Balaban J connectivity index is 3.47. The van der Waals surface area contributed by atoms with Crippen LogP contribution in [0.25, 0.3) is 0 Å². The van der Waals surface area contributed by atoms with Gasteiger partial charge in [-0.1, -0.05) is 39.0 Å². The zero-order chi connectivity index (χ0) is 13.7. The summed E-state index contributed by atoms with van der Waals surface area (Å²) in [6.07, 6.45) is 8.38. The summed E-state index contributed by atoms with van der Waals surface area (Å²) in [5.74, 6) is 0.245. The van der Waals surface area contributed by atoms with E-state index in [2.05, 4.69) is 17.7 Å². The van der Waals surface area contributed by atoms with Gasteiger partial charge < -0.3 is 0 Å².